The molecule has 1 heterocycles. The van der Waals surface area contributed by atoms with Crippen LogP contribution in [0, 0.1) is 5.92 Å². The van der Waals surface area contributed by atoms with E-state index >= 15 is 0 Å². The number of ether oxygens (including phenoxy) is 1. The quantitative estimate of drug-likeness (QED) is 0.566. The Morgan fingerprint density at radius 1 is 1.07 bits per heavy atom. The molecule has 146 valence electrons. The highest BCUT2D eigenvalue weighted by molar-refractivity contribution is 6.44. The Kier molecular flexibility index (Phi) is 5.79. The van der Waals surface area contributed by atoms with E-state index in [1.54, 1.807) is 7.11 Å². The van der Waals surface area contributed by atoms with E-state index in [4.69, 9.17) is 4.74 Å². The summed E-state index contributed by atoms with van der Waals surface area (Å²) in [6, 6.07) is 6.95. The summed E-state index contributed by atoms with van der Waals surface area (Å²) >= 11 is 0. The van der Waals surface area contributed by atoms with Gasteiger partial charge in [-0.25, -0.2) is 9.69 Å². The number of amides is 4. The molecule has 7 heteroatoms. The van der Waals surface area contributed by atoms with Gasteiger partial charge >= 0.3 is 17.8 Å². The lowest BCUT2D eigenvalue weighted by molar-refractivity contribution is -0.145. The molecule has 3 rings (SSSR count). The van der Waals surface area contributed by atoms with Gasteiger partial charge in [0.15, 0.2) is 0 Å². The SMILES string of the molecule is COc1ccc(CN(C)CN2C(=O)C(=O)N([C@@H]3CCCC[C@@H]3C)C2=O)cc1. The maximum atomic E-state index is 12.8. The van der Waals surface area contributed by atoms with Gasteiger partial charge in [-0.1, -0.05) is 31.9 Å². The van der Waals surface area contributed by atoms with E-state index in [0.717, 1.165) is 41.9 Å². The van der Waals surface area contributed by atoms with Crippen LogP contribution in [0.3, 0.4) is 0 Å². The monoisotopic (exact) mass is 373 g/mol. The molecule has 0 N–H and O–H groups in total. The molecule has 0 bridgehead atoms. The zero-order valence-corrected chi connectivity index (χ0v) is 16.2. The van der Waals surface area contributed by atoms with Gasteiger partial charge in [0.25, 0.3) is 0 Å². The maximum absolute atomic E-state index is 12.8. The molecule has 2 fully saturated rings. The minimum Gasteiger partial charge on any atom is -0.497 e. The minimum atomic E-state index is -0.723. The number of methoxy groups -OCH3 is 1. The van der Waals surface area contributed by atoms with Crippen molar-refractivity contribution >= 4 is 17.8 Å². The first-order chi connectivity index (χ1) is 12.9. The molecule has 2 aliphatic rings. The molecule has 1 saturated carbocycles. The summed E-state index contributed by atoms with van der Waals surface area (Å²) in [5.74, 6) is -0.401. The second-order valence-electron chi connectivity index (χ2n) is 7.52. The van der Waals surface area contributed by atoms with Crippen molar-refractivity contribution in [1.29, 1.82) is 0 Å². The van der Waals surface area contributed by atoms with Crippen LogP contribution in [0.5, 0.6) is 5.75 Å². The van der Waals surface area contributed by atoms with Gasteiger partial charge in [0.05, 0.1) is 13.8 Å². The van der Waals surface area contributed by atoms with E-state index in [9.17, 15) is 14.4 Å². The Labute approximate surface area is 159 Å². The fourth-order valence-electron chi connectivity index (χ4n) is 3.95. The number of carbonyl (C=O) groups is 3. The molecule has 1 aromatic carbocycles. The molecule has 0 aromatic heterocycles. The summed E-state index contributed by atoms with van der Waals surface area (Å²) in [6.45, 7) is 2.69. The summed E-state index contributed by atoms with van der Waals surface area (Å²) in [4.78, 5) is 41.8. The van der Waals surface area contributed by atoms with E-state index in [-0.39, 0.29) is 18.6 Å². The number of urea groups is 1. The first-order valence-corrected chi connectivity index (χ1v) is 9.43. The van der Waals surface area contributed by atoms with Gasteiger partial charge in [0.1, 0.15) is 5.75 Å². The van der Waals surface area contributed by atoms with E-state index in [1.807, 2.05) is 43.1 Å². The van der Waals surface area contributed by atoms with Crippen molar-refractivity contribution in [3.63, 3.8) is 0 Å². The molecule has 1 aliphatic carbocycles. The van der Waals surface area contributed by atoms with E-state index in [0.29, 0.717) is 6.54 Å². The van der Waals surface area contributed by atoms with E-state index < -0.39 is 17.8 Å². The predicted octanol–water partition coefficient (Wildman–Crippen LogP) is 2.45. The maximum Gasteiger partial charge on any atom is 0.335 e. The number of carbonyl (C=O) groups excluding carboxylic acids is 3. The van der Waals surface area contributed by atoms with Gasteiger partial charge in [-0.15, -0.1) is 0 Å². The normalized spacial score (nSPS) is 23.5. The van der Waals surface area contributed by atoms with Crippen molar-refractivity contribution in [2.45, 2.75) is 45.2 Å². The molecule has 27 heavy (non-hydrogen) atoms. The molecule has 0 spiro atoms. The molecule has 1 saturated heterocycles. The number of benzene rings is 1. The zero-order valence-electron chi connectivity index (χ0n) is 16.2. The van der Waals surface area contributed by atoms with Gasteiger partial charge in [-0.3, -0.25) is 19.4 Å². The highest BCUT2D eigenvalue weighted by atomic mass is 16.5. The molecule has 0 unspecified atom stereocenters. The summed E-state index contributed by atoms with van der Waals surface area (Å²) in [6.07, 6.45) is 3.85. The second-order valence-corrected chi connectivity index (χ2v) is 7.52. The largest absolute Gasteiger partial charge is 0.497 e. The van der Waals surface area contributed by atoms with Crippen LogP contribution in [0.4, 0.5) is 4.79 Å². The van der Waals surface area contributed by atoms with Crippen molar-refractivity contribution in [3.05, 3.63) is 29.8 Å². The average Bonchev–Trinajstić information content (AvgIpc) is 2.86. The molecular weight excluding hydrogens is 346 g/mol. The molecule has 7 nitrogen and oxygen atoms in total. The molecule has 1 aliphatic heterocycles. The van der Waals surface area contributed by atoms with Crippen LogP contribution in [0.1, 0.15) is 38.2 Å². The molecule has 1 aromatic rings. The molecular formula is C20H27N3O4. The van der Waals surface area contributed by atoms with Crippen LogP contribution in [-0.4, -0.2) is 59.4 Å². The number of hydrogen-bond donors (Lipinski definition) is 0. The predicted molar refractivity (Wildman–Crippen MR) is 99.8 cm³/mol. The number of hydrogen-bond acceptors (Lipinski definition) is 5. The smallest absolute Gasteiger partial charge is 0.335 e. The third-order valence-electron chi connectivity index (χ3n) is 5.48. The van der Waals surface area contributed by atoms with Gasteiger partial charge in [-0.2, -0.15) is 0 Å². The Morgan fingerprint density at radius 2 is 1.74 bits per heavy atom. The van der Waals surface area contributed by atoms with Crippen LogP contribution >= 0.6 is 0 Å². The highest BCUT2D eigenvalue weighted by Gasteiger charge is 2.49. The molecule has 4 amide bonds. The lowest BCUT2D eigenvalue weighted by atomic mass is 9.85. The third-order valence-corrected chi connectivity index (χ3v) is 5.48. The van der Waals surface area contributed by atoms with Crippen molar-refractivity contribution in [2.75, 3.05) is 20.8 Å². The molecule has 2 atom stereocenters. The average molecular weight is 373 g/mol. The topological polar surface area (TPSA) is 70.2 Å². The van der Waals surface area contributed by atoms with Crippen molar-refractivity contribution in [1.82, 2.24) is 14.7 Å². The summed E-state index contributed by atoms with van der Waals surface area (Å²) in [7, 11) is 3.43. The fraction of sp³-hybridized carbons (Fsp3) is 0.550. The summed E-state index contributed by atoms with van der Waals surface area (Å²) in [5, 5.41) is 0. The van der Waals surface area contributed by atoms with Crippen LogP contribution in [-0.2, 0) is 16.1 Å². The van der Waals surface area contributed by atoms with E-state index in [2.05, 4.69) is 0 Å². The number of nitrogens with zero attached hydrogens (tertiary/aromatic N) is 3. The summed E-state index contributed by atoms with van der Waals surface area (Å²) < 4.78 is 5.15. The lowest BCUT2D eigenvalue weighted by Gasteiger charge is -2.34. The minimum absolute atomic E-state index is 0.0903. The van der Waals surface area contributed by atoms with Crippen molar-refractivity contribution in [3.8, 4) is 5.75 Å². The van der Waals surface area contributed by atoms with Gasteiger partial charge in [0.2, 0.25) is 0 Å². The fourth-order valence-corrected chi connectivity index (χ4v) is 3.95. The van der Waals surface area contributed by atoms with Crippen LogP contribution in [0.15, 0.2) is 24.3 Å². The van der Waals surface area contributed by atoms with Gasteiger partial charge in [-0.05, 0) is 43.5 Å². The Balaban J connectivity index is 1.66. The van der Waals surface area contributed by atoms with E-state index in [1.165, 1.54) is 4.90 Å². The third kappa shape index (κ3) is 3.98. The number of imide groups is 2. The Bertz CT molecular complexity index is 718. The van der Waals surface area contributed by atoms with Crippen LogP contribution in [0.2, 0.25) is 0 Å². The molecule has 0 radical (unpaired) electrons. The van der Waals surface area contributed by atoms with Gasteiger partial charge < -0.3 is 4.74 Å². The Hall–Kier alpha value is -2.41. The standard InChI is InChI=1S/C20H27N3O4/c1-14-6-4-5-7-17(14)23-19(25)18(24)22(20(23)26)13-21(2)12-15-8-10-16(27-3)11-9-15/h8-11,14,17H,4-7,12-13H2,1-3H3/t14-,17+/m0/s1. The number of rotatable bonds is 6. The summed E-state index contributed by atoms with van der Waals surface area (Å²) in [5.41, 5.74) is 1.03. The second kappa shape index (κ2) is 8.08. The van der Waals surface area contributed by atoms with Crippen LogP contribution in [0.25, 0.3) is 0 Å². The van der Waals surface area contributed by atoms with Crippen molar-refractivity contribution < 1.29 is 19.1 Å². The van der Waals surface area contributed by atoms with Crippen LogP contribution < -0.4 is 4.74 Å². The van der Waals surface area contributed by atoms with Crippen molar-refractivity contribution in [2.24, 2.45) is 5.92 Å². The lowest BCUT2D eigenvalue weighted by Crippen LogP contribution is -2.46. The zero-order chi connectivity index (χ0) is 19.6. The Morgan fingerprint density at radius 3 is 2.37 bits per heavy atom. The van der Waals surface area contributed by atoms with Gasteiger partial charge in [0, 0.05) is 12.6 Å². The first-order valence-electron chi connectivity index (χ1n) is 9.43. The highest BCUT2D eigenvalue weighted by Crippen LogP contribution is 2.31. The first kappa shape index (κ1) is 19.4.